The lowest BCUT2D eigenvalue weighted by molar-refractivity contribution is -0.195. The van der Waals surface area contributed by atoms with Crippen LogP contribution < -0.4 is 35.6 Å². The molecule has 4 aromatic rings. The molecule has 73 heavy (non-hydrogen) atoms. The van der Waals surface area contributed by atoms with Crippen molar-refractivity contribution in [3.63, 3.8) is 0 Å². The topological polar surface area (TPSA) is 272 Å². The standard InChI is InChI=1S/C50H61N9O14/c1-6-21-72-49(65)52-30(2)48(64)71-24-11-19-51-44(61)37-25-32(28-56(37)3)31-15-17-33(18-16-31)53-45(62)43-55-40(29-57(43)4)54-41(60)13-10-23-69-39-27-36-34(26-38(39)68-5)46(63)58-20-9-12-35(58)47(59(36)50(66)67)73-42-14-7-8-22-70-42/h6,15-18,25-30,35,42,47H,1,7-14,19-24H2,2-5H3,(H,51,61)(H,52,65)(H,53,62)(H,54,60)(H,66,67)/t30-,35?,42?,47?/m0/s1. The lowest BCUT2D eigenvalue weighted by Gasteiger charge is -2.37. The monoisotopic (exact) mass is 1010 g/mol. The molecule has 2 aromatic carbocycles. The van der Waals surface area contributed by atoms with Crippen molar-refractivity contribution in [2.75, 3.05) is 62.2 Å². The minimum absolute atomic E-state index is 0.00631. The van der Waals surface area contributed by atoms with E-state index in [4.69, 9.17) is 28.4 Å². The predicted molar refractivity (Wildman–Crippen MR) is 263 cm³/mol. The summed E-state index contributed by atoms with van der Waals surface area (Å²) in [6.45, 7) is 6.16. The molecule has 390 valence electrons. The molecule has 2 saturated heterocycles. The van der Waals surface area contributed by atoms with Crippen molar-refractivity contribution in [3.05, 3.63) is 84.6 Å². The summed E-state index contributed by atoms with van der Waals surface area (Å²) < 4.78 is 36.9. The molecule has 3 aliphatic heterocycles. The fourth-order valence-corrected chi connectivity index (χ4v) is 8.65. The number of carbonyl (C=O) groups excluding carboxylic acids is 6. The molecule has 0 radical (unpaired) electrons. The summed E-state index contributed by atoms with van der Waals surface area (Å²) in [6, 6.07) is 10.2. The van der Waals surface area contributed by atoms with Crippen LogP contribution in [-0.4, -0.2) is 137 Å². The molecule has 7 rings (SSSR count). The number of aryl methyl sites for hydroxylation is 2. The Hall–Kier alpha value is -7.92. The molecule has 0 spiro atoms. The number of carbonyl (C=O) groups is 7. The second-order valence-corrected chi connectivity index (χ2v) is 17.6. The van der Waals surface area contributed by atoms with E-state index >= 15 is 0 Å². The maximum Gasteiger partial charge on any atom is 0.414 e. The van der Waals surface area contributed by atoms with E-state index in [1.165, 1.54) is 43.0 Å². The number of esters is 1. The van der Waals surface area contributed by atoms with Crippen LogP contribution in [0.5, 0.6) is 11.5 Å². The Morgan fingerprint density at radius 2 is 1.71 bits per heavy atom. The quantitative estimate of drug-likeness (QED) is 0.0396. The van der Waals surface area contributed by atoms with E-state index in [0.717, 1.165) is 28.9 Å². The number of nitrogens with one attached hydrogen (secondary N) is 4. The number of fused-ring (bicyclic) bond motifs is 2. The number of anilines is 3. The third kappa shape index (κ3) is 13.1. The molecule has 3 aliphatic rings. The summed E-state index contributed by atoms with van der Waals surface area (Å²) in [5.74, 6) is -1.62. The van der Waals surface area contributed by atoms with Crippen LogP contribution in [0.4, 0.5) is 26.8 Å². The van der Waals surface area contributed by atoms with Crippen molar-refractivity contribution in [1.29, 1.82) is 0 Å². The van der Waals surface area contributed by atoms with Crippen molar-refractivity contribution >= 4 is 59.0 Å². The van der Waals surface area contributed by atoms with Gasteiger partial charge in [-0.15, -0.1) is 0 Å². The van der Waals surface area contributed by atoms with Gasteiger partial charge in [-0.25, -0.2) is 24.3 Å². The smallest absolute Gasteiger partial charge is 0.414 e. The average molecular weight is 1010 g/mol. The van der Waals surface area contributed by atoms with E-state index in [9.17, 15) is 38.7 Å². The number of hydrogen-bond acceptors (Lipinski definition) is 14. The van der Waals surface area contributed by atoms with Crippen LogP contribution >= 0.6 is 0 Å². The van der Waals surface area contributed by atoms with Gasteiger partial charge in [0.1, 0.15) is 18.3 Å². The molecule has 0 aliphatic carbocycles. The molecule has 6 amide bonds. The van der Waals surface area contributed by atoms with Crippen LogP contribution in [0.15, 0.2) is 67.5 Å². The van der Waals surface area contributed by atoms with Gasteiger partial charge in [-0.2, -0.15) is 0 Å². The van der Waals surface area contributed by atoms with Gasteiger partial charge in [0.25, 0.3) is 17.7 Å². The van der Waals surface area contributed by atoms with Gasteiger partial charge in [0.2, 0.25) is 11.7 Å². The molecule has 4 atom stereocenters. The second kappa shape index (κ2) is 24.5. The van der Waals surface area contributed by atoms with E-state index in [1.807, 2.05) is 0 Å². The largest absolute Gasteiger partial charge is 0.493 e. The highest BCUT2D eigenvalue weighted by atomic mass is 16.7. The first-order valence-corrected chi connectivity index (χ1v) is 24.0. The minimum Gasteiger partial charge on any atom is -0.493 e. The van der Waals surface area contributed by atoms with E-state index < -0.39 is 54.6 Å². The summed E-state index contributed by atoms with van der Waals surface area (Å²) in [7, 11) is 4.78. The third-order valence-corrected chi connectivity index (χ3v) is 12.3. The van der Waals surface area contributed by atoms with Gasteiger partial charge in [-0.3, -0.25) is 19.2 Å². The normalized spacial score (nSPS) is 17.5. The van der Waals surface area contributed by atoms with E-state index in [1.54, 1.807) is 60.1 Å². The molecule has 23 nitrogen and oxygen atoms in total. The molecule has 0 bridgehead atoms. The van der Waals surface area contributed by atoms with Crippen LogP contribution in [0, 0.1) is 0 Å². The number of hydrogen-bond donors (Lipinski definition) is 5. The molecule has 5 heterocycles. The van der Waals surface area contributed by atoms with Crippen LogP contribution in [-0.2, 0) is 42.6 Å². The van der Waals surface area contributed by atoms with Gasteiger partial charge in [0.05, 0.1) is 37.6 Å². The zero-order chi connectivity index (χ0) is 52.2. The summed E-state index contributed by atoms with van der Waals surface area (Å²) in [5.41, 5.74) is 2.65. The molecular weight excluding hydrogens is 951 g/mol. The lowest BCUT2D eigenvalue weighted by Crippen LogP contribution is -2.53. The number of carboxylic acid groups (broad SMARTS) is 1. The van der Waals surface area contributed by atoms with Crippen LogP contribution in [0.1, 0.15) is 89.8 Å². The number of aromatic nitrogens is 3. The number of amides is 6. The molecule has 23 heteroatoms. The van der Waals surface area contributed by atoms with Crippen molar-refractivity contribution in [2.45, 2.75) is 82.9 Å². The van der Waals surface area contributed by atoms with Gasteiger partial charge in [0.15, 0.2) is 29.8 Å². The highest BCUT2D eigenvalue weighted by Crippen LogP contribution is 2.42. The predicted octanol–water partition coefficient (Wildman–Crippen LogP) is 5.42. The Balaban J connectivity index is 0.876. The lowest BCUT2D eigenvalue weighted by atomic mass is 10.1. The van der Waals surface area contributed by atoms with Crippen LogP contribution in [0.3, 0.4) is 0 Å². The van der Waals surface area contributed by atoms with Gasteiger partial charge >= 0.3 is 18.2 Å². The number of nitrogens with zero attached hydrogens (tertiary/aromatic N) is 5. The van der Waals surface area contributed by atoms with E-state index in [0.29, 0.717) is 50.2 Å². The molecular formula is C50H61N9O14. The highest BCUT2D eigenvalue weighted by Gasteiger charge is 2.47. The number of methoxy groups -OCH3 is 1. The van der Waals surface area contributed by atoms with Crippen molar-refractivity contribution < 1.29 is 67.1 Å². The fourth-order valence-electron chi connectivity index (χ4n) is 8.65. The SMILES string of the molecule is C=CCOC(=O)N[C@@H](C)C(=O)OCCCNC(=O)c1cc(-c2ccc(NC(=O)c3nc(NC(=O)CCCOc4cc5c(cc4OC)C(=O)N4CCCC4C(OC4CCCCO4)N5C(=O)O)cn3C)cc2)cn1C. The number of alkyl carbamates (subject to hydrolysis) is 1. The highest BCUT2D eigenvalue weighted by molar-refractivity contribution is 6.06. The molecule has 0 saturated carbocycles. The first-order valence-electron chi connectivity index (χ1n) is 24.0. The van der Waals surface area contributed by atoms with Gasteiger partial charge in [-0.05, 0) is 81.7 Å². The second-order valence-electron chi connectivity index (χ2n) is 17.6. The Bertz CT molecular complexity index is 2680. The third-order valence-electron chi connectivity index (χ3n) is 12.3. The molecule has 2 aromatic heterocycles. The maximum absolute atomic E-state index is 13.9. The average Bonchev–Trinajstić information content (AvgIpc) is 4.11. The molecule has 3 unspecified atom stereocenters. The number of ether oxygens (including phenoxy) is 6. The zero-order valence-electron chi connectivity index (χ0n) is 41.2. The van der Waals surface area contributed by atoms with Gasteiger partial charge in [-0.1, -0.05) is 24.8 Å². The number of benzene rings is 2. The maximum atomic E-state index is 13.9. The summed E-state index contributed by atoms with van der Waals surface area (Å²) in [5, 5.41) is 21.3. The van der Waals surface area contributed by atoms with E-state index in [2.05, 4.69) is 32.8 Å². The molecule has 5 N–H and O–H groups in total. The van der Waals surface area contributed by atoms with Gasteiger partial charge < -0.3 is 68.8 Å². The summed E-state index contributed by atoms with van der Waals surface area (Å²) >= 11 is 0. The summed E-state index contributed by atoms with van der Waals surface area (Å²) in [4.78, 5) is 97.1. The fraction of sp³-hybridized carbons (Fsp3) is 0.440. The van der Waals surface area contributed by atoms with Crippen LogP contribution in [0.25, 0.3) is 11.1 Å². The Morgan fingerprint density at radius 1 is 0.918 bits per heavy atom. The molecule has 2 fully saturated rings. The van der Waals surface area contributed by atoms with Crippen molar-refractivity contribution in [1.82, 2.24) is 29.7 Å². The first-order chi connectivity index (χ1) is 35.1. The zero-order valence-corrected chi connectivity index (χ0v) is 41.2. The van der Waals surface area contributed by atoms with Crippen molar-refractivity contribution in [2.24, 2.45) is 14.1 Å². The number of imidazole rings is 1. The van der Waals surface area contributed by atoms with Gasteiger partial charge in [0, 0.05) is 69.9 Å². The van der Waals surface area contributed by atoms with Crippen molar-refractivity contribution in [3.8, 4) is 22.6 Å². The van der Waals surface area contributed by atoms with E-state index in [-0.39, 0.29) is 85.4 Å². The first kappa shape index (κ1) is 52.9. The summed E-state index contributed by atoms with van der Waals surface area (Å²) in [6.07, 6.45) is 5.22. The van der Waals surface area contributed by atoms with Crippen LogP contribution in [0.2, 0.25) is 0 Å². The minimum atomic E-state index is -1.30. The Kier molecular flexibility index (Phi) is 17.7. The number of rotatable bonds is 21. The Labute approximate surface area is 421 Å². The Morgan fingerprint density at radius 3 is 2.44 bits per heavy atom.